The average molecular weight is 331 g/mol. The standard InChI is InChI=1S/C19H17N5O/c1-12-7-18-21-9-17(19(25)13-3-5-15(20)6-4-13)24(18)11-16(12)14-8-22-23(2)10-14/h3-11H,20H2,1-2H3. The predicted molar refractivity (Wildman–Crippen MR) is 96.4 cm³/mol. The maximum Gasteiger partial charge on any atom is 0.211 e. The molecule has 0 spiro atoms. The molecule has 124 valence electrons. The molecule has 0 radical (unpaired) electrons. The third-order valence-corrected chi connectivity index (χ3v) is 4.28. The van der Waals surface area contributed by atoms with Gasteiger partial charge < -0.3 is 5.73 Å². The van der Waals surface area contributed by atoms with Crippen molar-refractivity contribution in [3.8, 4) is 11.1 Å². The Hall–Kier alpha value is -3.41. The van der Waals surface area contributed by atoms with E-state index in [1.54, 1.807) is 35.1 Å². The molecule has 4 aromatic rings. The number of pyridine rings is 1. The minimum absolute atomic E-state index is 0.0894. The fraction of sp³-hybridized carbons (Fsp3) is 0.105. The number of aromatic nitrogens is 4. The first kappa shape index (κ1) is 15.1. The van der Waals surface area contributed by atoms with Crippen LogP contribution in [-0.4, -0.2) is 24.9 Å². The smallest absolute Gasteiger partial charge is 0.211 e. The van der Waals surface area contributed by atoms with Crippen LogP contribution in [0.4, 0.5) is 5.69 Å². The minimum atomic E-state index is -0.0894. The molecule has 0 fully saturated rings. The third-order valence-electron chi connectivity index (χ3n) is 4.28. The molecule has 2 N–H and O–H groups in total. The summed E-state index contributed by atoms with van der Waals surface area (Å²) in [6.07, 6.45) is 7.32. The van der Waals surface area contributed by atoms with Crippen molar-refractivity contribution in [3.05, 3.63) is 71.9 Å². The van der Waals surface area contributed by atoms with Crippen molar-refractivity contribution in [2.45, 2.75) is 6.92 Å². The quantitative estimate of drug-likeness (QED) is 0.462. The Morgan fingerprint density at radius 1 is 1.12 bits per heavy atom. The molecule has 0 aliphatic carbocycles. The Balaban J connectivity index is 1.85. The SMILES string of the molecule is Cc1cc2ncc(C(=O)c3ccc(N)cc3)n2cc1-c1cnn(C)c1. The van der Waals surface area contributed by atoms with Crippen molar-refractivity contribution >= 4 is 17.1 Å². The monoisotopic (exact) mass is 331 g/mol. The zero-order valence-electron chi connectivity index (χ0n) is 14.0. The highest BCUT2D eigenvalue weighted by Crippen LogP contribution is 2.25. The first-order valence-corrected chi connectivity index (χ1v) is 7.90. The largest absolute Gasteiger partial charge is 0.399 e. The lowest BCUT2D eigenvalue weighted by Crippen LogP contribution is -2.06. The van der Waals surface area contributed by atoms with Gasteiger partial charge in [-0.2, -0.15) is 5.10 Å². The summed E-state index contributed by atoms with van der Waals surface area (Å²) in [6.45, 7) is 2.03. The van der Waals surface area contributed by atoms with Crippen LogP contribution in [0.15, 0.2) is 55.1 Å². The fourth-order valence-corrected chi connectivity index (χ4v) is 2.93. The number of nitrogens with zero attached hydrogens (tertiary/aromatic N) is 4. The second kappa shape index (κ2) is 5.59. The Labute approximate surface area is 144 Å². The molecule has 6 heteroatoms. The topological polar surface area (TPSA) is 78.2 Å². The molecule has 0 aliphatic heterocycles. The fourth-order valence-electron chi connectivity index (χ4n) is 2.93. The number of ketones is 1. The maximum absolute atomic E-state index is 12.9. The highest BCUT2D eigenvalue weighted by Gasteiger charge is 2.16. The van der Waals surface area contributed by atoms with Gasteiger partial charge in [0.25, 0.3) is 0 Å². The number of fused-ring (bicyclic) bond motifs is 1. The summed E-state index contributed by atoms with van der Waals surface area (Å²) in [7, 11) is 1.88. The molecule has 3 aromatic heterocycles. The lowest BCUT2D eigenvalue weighted by atomic mass is 10.1. The van der Waals surface area contributed by atoms with Crippen molar-refractivity contribution in [3.63, 3.8) is 0 Å². The van der Waals surface area contributed by atoms with Crippen LogP contribution in [0.25, 0.3) is 16.8 Å². The van der Waals surface area contributed by atoms with Gasteiger partial charge in [-0.05, 0) is 42.8 Å². The van der Waals surface area contributed by atoms with Gasteiger partial charge in [-0.3, -0.25) is 13.9 Å². The second-order valence-corrected chi connectivity index (χ2v) is 6.10. The molecule has 0 saturated carbocycles. The van der Waals surface area contributed by atoms with Crippen molar-refractivity contribution in [2.75, 3.05) is 5.73 Å². The third kappa shape index (κ3) is 2.57. The van der Waals surface area contributed by atoms with E-state index in [-0.39, 0.29) is 5.78 Å². The average Bonchev–Trinajstić information content (AvgIpc) is 3.20. The van der Waals surface area contributed by atoms with Crippen LogP contribution < -0.4 is 5.73 Å². The summed E-state index contributed by atoms with van der Waals surface area (Å²) >= 11 is 0. The highest BCUT2D eigenvalue weighted by molar-refractivity contribution is 6.08. The number of aryl methyl sites for hydroxylation is 2. The van der Waals surface area contributed by atoms with E-state index < -0.39 is 0 Å². The van der Waals surface area contributed by atoms with Gasteiger partial charge in [-0.25, -0.2) is 4.98 Å². The van der Waals surface area contributed by atoms with Crippen LogP contribution in [0.2, 0.25) is 0 Å². The van der Waals surface area contributed by atoms with Crippen molar-refractivity contribution in [1.82, 2.24) is 19.2 Å². The minimum Gasteiger partial charge on any atom is -0.399 e. The molecule has 0 bridgehead atoms. The van der Waals surface area contributed by atoms with Gasteiger partial charge in [0.2, 0.25) is 5.78 Å². The van der Waals surface area contributed by atoms with E-state index in [0.29, 0.717) is 16.9 Å². The Bertz CT molecular complexity index is 1090. The molecule has 0 amide bonds. The van der Waals surface area contributed by atoms with Crippen LogP contribution >= 0.6 is 0 Å². The number of carbonyl (C=O) groups is 1. The number of anilines is 1. The highest BCUT2D eigenvalue weighted by atomic mass is 16.1. The predicted octanol–water partition coefficient (Wildman–Crippen LogP) is 2.86. The lowest BCUT2D eigenvalue weighted by Gasteiger charge is -2.07. The zero-order valence-corrected chi connectivity index (χ0v) is 14.0. The first-order valence-electron chi connectivity index (χ1n) is 7.90. The number of carbonyl (C=O) groups excluding carboxylic acids is 1. The number of rotatable bonds is 3. The lowest BCUT2D eigenvalue weighted by molar-refractivity contribution is 0.103. The van der Waals surface area contributed by atoms with Gasteiger partial charge in [0.1, 0.15) is 11.3 Å². The molecule has 25 heavy (non-hydrogen) atoms. The van der Waals surface area contributed by atoms with E-state index in [4.69, 9.17) is 5.73 Å². The van der Waals surface area contributed by atoms with Crippen molar-refractivity contribution in [1.29, 1.82) is 0 Å². The maximum atomic E-state index is 12.9. The van der Waals surface area contributed by atoms with Gasteiger partial charge in [-0.1, -0.05) is 0 Å². The number of imidazole rings is 1. The van der Waals surface area contributed by atoms with Gasteiger partial charge in [0.05, 0.1) is 12.4 Å². The Morgan fingerprint density at radius 2 is 1.88 bits per heavy atom. The molecule has 4 rings (SSSR count). The number of nitrogen functional groups attached to an aromatic ring is 1. The van der Waals surface area contributed by atoms with Crippen LogP contribution in [0, 0.1) is 6.92 Å². The number of hydrogen-bond donors (Lipinski definition) is 1. The van der Waals surface area contributed by atoms with Crippen LogP contribution in [-0.2, 0) is 7.05 Å². The Kier molecular flexibility index (Phi) is 3.39. The number of benzene rings is 1. The van der Waals surface area contributed by atoms with Crippen LogP contribution in [0.3, 0.4) is 0 Å². The number of hydrogen-bond acceptors (Lipinski definition) is 4. The number of nitrogens with two attached hydrogens (primary N) is 1. The molecule has 3 heterocycles. The van der Waals surface area contributed by atoms with E-state index in [9.17, 15) is 4.79 Å². The summed E-state index contributed by atoms with van der Waals surface area (Å²) in [6, 6.07) is 8.88. The van der Waals surface area contributed by atoms with E-state index in [1.165, 1.54) is 0 Å². The molecule has 0 unspecified atom stereocenters. The molecular formula is C19H17N5O. The molecule has 0 atom stereocenters. The summed E-state index contributed by atoms with van der Waals surface area (Å²) in [5, 5.41) is 4.23. The summed E-state index contributed by atoms with van der Waals surface area (Å²) in [5.74, 6) is -0.0894. The van der Waals surface area contributed by atoms with E-state index in [1.807, 2.05) is 43.0 Å². The molecular weight excluding hydrogens is 314 g/mol. The first-order chi connectivity index (χ1) is 12.0. The van der Waals surface area contributed by atoms with Crippen LogP contribution in [0.1, 0.15) is 21.6 Å². The van der Waals surface area contributed by atoms with E-state index in [0.717, 1.165) is 22.3 Å². The van der Waals surface area contributed by atoms with Gasteiger partial charge >= 0.3 is 0 Å². The van der Waals surface area contributed by atoms with Gasteiger partial charge in [-0.15, -0.1) is 0 Å². The van der Waals surface area contributed by atoms with Gasteiger partial charge in [0.15, 0.2) is 0 Å². The van der Waals surface area contributed by atoms with Crippen molar-refractivity contribution in [2.24, 2.45) is 7.05 Å². The molecule has 6 nitrogen and oxygen atoms in total. The summed E-state index contributed by atoms with van der Waals surface area (Å²) < 4.78 is 3.58. The van der Waals surface area contributed by atoms with E-state index in [2.05, 4.69) is 10.1 Å². The summed E-state index contributed by atoms with van der Waals surface area (Å²) in [5.41, 5.74) is 11.3. The van der Waals surface area contributed by atoms with Gasteiger partial charge in [0, 0.05) is 41.8 Å². The normalized spacial score (nSPS) is 11.1. The zero-order chi connectivity index (χ0) is 17.6. The molecule has 0 saturated heterocycles. The Morgan fingerprint density at radius 3 is 2.56 bits per heavy atom. The van der Waals surface area contributed by atoms with Crippen LogP contribution in [0.5, 0.6) is 0 Å². The molecule has 1 aromatic carbocycles. The van der Waals surface area contributed by atoms with E-state index >= 15 is 0 Å². The van der Waals surface area contributed by atoms with Crippen molar-refractivity contribution < 1.29 is 4.79 Å². The summed E-state index contributed by atoms with van der Waals surface area (Å²) in [4.78, 5) is 17.2. The molecule has 0 aliphatic rings. The second-order valence-electron chi connectivity index (χ2n) is 6.10.